The number of hydrogen-bond acceptors (Lipinski definition) is 5. The lowest BCUT2D eigenvalue weighted by Crippen LogP contribution is -2.31. The Morgan fingerprint density at radius 1 is 0.933 bits per heavy atom. The second-order valence-corrected chi connectivity index (χ2v) is 8.23. The lowest BCUT2D eigenvalue weighted by molar-refractivity contribution is 0.0944. The number of ether oxygens (including phenoxy) is 2. The molecule has 0 saturated carbocycles. The van der Waals surface area contributed by atoms with Gasteiger partial charge in [0.25, 0.3) is 11.8 Å². The predicted molar refractivity (Wildman–Crippen MR) is 118 cm³/mol. The number of para-hydroxylation sites is 1. The van der Waals surface area contributed by atoms with Crippen molar-refractivity contribution in [2.75, 3.05) is 18.5 Å². The van der Waals surface area contributed by atoms with Crippen molar-refractivity contribution in [2.24, 2.45) is 0 Å². The Kier molecular flexibility index (Phi) is 5.72. The molecular formula is C23H22N2O4S. The third-order valence-corrected chi connectivity index (χ3v) is 5.63. The summed E-state index contributed by atoms with van der Waals surface area (Å²) in [4.78, 5) is 26.7. The molecule has 0 fully saturated rings. The second kappa shape index (κ2) is 8.59. The molecule has 7 heteroatoms. The fraction of sp³-hybridized carbons (Fsp3) is 0.217. The van der Waals surface area contributed by atoms with Gasteiger partial charge in [0.2, 0.25) is 0 Å². The molecule has 1 aromatic heterocycles. The molecule has 2 heterocycles. The molecule has 0 saturated heterocycles. The molecule has 2 amide bonds. The Bertz CT molecular complexity index is 1090. The summed E-state index contributed by atoms with van der Waals surface area (Å²) in [5.74, 6) is 0.969. The summed E-state index contributed by atoms with van der Waals surface area (Å²) < 4.78 is 11.2. The van der Waals surface area contributed by atoms with Gasteiger partial charge >= 0.3 is 0 Å². The average Bonchev–Trinajstić information content (AvgIpc) is 3.24. The summed E-state index contributed by atoms with van der Waals surface area (Å²) in [6, 6.07) is 16.4. The fourth-order valence-electron chi connectivity index (χ4n) is 3.13. The maximum atomic E-state index is 12.8. The number of hydrogen-bond donors (Lipinski definition) is 2. The molecule has 0 unspecified atom stereocenters. The molecule has 0 radical (unpaired) electrons. The molecule has 2 aromatic carbocycles. The van der Waals surface area contributed by atoms with Gasteiger partial charge in [-0.3, -0.25) is 9.59 Å². The molecule has 154 valence electrons. The van der Waals surface area contributed by atoms with Crippen LogP contribution in [0, 0.1) is 0 Å². The quantitative estimate of drug-likeness (QED) is 0.631. The molecule has 4 rings (SSSR count). The van der Waals surface area contributed by atoms with Gasteiger partial charge in [0.1, 0.15) is 13.2 Å². The van der Waals surface area contributed by atoms with E-state index in [4.69, 9.17) is 9.47 Å². The Morgan fingerprint density at radius 2 is 1.70 bits per heavy atom. The lowest BCUT2D eigenvalue weighted by Gasteiger charge is -2.18. The van der Waals surface area contributed by atoms with Gasteiger partial charge in [-0.05, 0) is 61.9 Å². The van der Waals surface area contributed by atoms with E-state index in [1.54, 1.807) is 30.3 Å². The summed E-state index contributed by atoms with van der Waals surface area (Å²) in [6.45, 7) is 4.86. The molecule has 6 nitrogen and oxygen atoms in total. The monoisotopic (exact) mass is 422 g/mol. The van der Waals surface area contributed by atoms with E-state index in [1.807, 2.05) is 38.1 Å². The molecule has 0 spiro atoms. The van der Waals surface area contributed by atoms with Crippen LogP contribution in [0.5, 0.6) is 11.5 Å². The van der Waals surface area contributed by atoms with E-state index >= 15 is 0 Å². The zero-order valence-corrected chi connectivity index (χ0v) is 17.5. The van der Waals surface area contributed by atoms with E-state index < -0.39 is 0 Å². The molecule has 0 bridgehead atoms. The highest BCUT2D eigenvalue weighted by molar-refractivity contribution is 7.17. The van der Waals surface area contributed by atoms with Crippen LogP contribution in [0.25, 0.3) is 10.4 Å². The average molecular weight is 423 g/mol. The van der Waals surface area contributed by atoms with Crippen molar-refractivity contribution in [3.8, 4) is 21.9 Å². The van der Waals surface area contributed by atoms with Gasteiger partial charge in [-0.2, -0.15) is 0 Å². The highest BCUT2D eigenvalue weighted by atomic mass is 32.1. The smallest absolute Gasteiger partial charge is 0.265 e. The number of carbonyl (C=O) groups excluding carboxylic acids is 2. The number of nitrogens with one attached hydrogen (secondary N) is 2. The van der Waals surface area contributed by atoms with Crippen LogP contribution in [-0.2, 0) is 0 Å². The SMILES string of the molecule is CC(C)NC(=O)c1ccccc1NC(=O)c1ccc(-c2ccc3c(c2)OCCO3)s1. The van der Waals surface area contributed by atoms with Crippen LogP contribution in [0.2, 0.25) is 0 Å². The van der Waals surface area contributed by atoms with Crippen molar-refractivity contribution in [3.05, 3.63) is 65.0 Å². The first-order chi connectivity index (χ1) is 14.5. The van der Waals surface area contributed by atoms with Gasteiger partial charge in [-0.25, -0.2) is 0 Å². The van der Waals surface area contributed by atoms with Crippen LogP contribution in [-0.4, -0.2) is 31.1 Å². The van der Waals surface area contributed by atoms with Crippen molar-refractivity contribution < 1.29 is 19.1 Å². The Balaban J connectivity index is 1.52. The van der Waals surface area contributed by atoms with Crippen LogP contribution in [0.4, 0.5) is 5.69 Å². The number of carbonyl (C=O) groups is 2. The van der Waals surface area contributed by atoms with Crippen LogP contribution in [0.1, 0.15) is 33.9 Å². The first kappa shape index (κ1) is 20.0. The molecule has 3 aromatic rings. The topological polar surface area (TPSA) is 76.7 Å². The maximum absolute atomic E-state index is 12.8. The number of benzene rings is 2. The maximum Gasteiger partial charge on any atom is 0.265 e. The minimum absolute atomic E-state index is 0.00658. The van der Waals surface area contributed by atoms with Gasteiger partial charge in [0.05, 0.1) is 16.1 Å². The molecule has 1 aliphatic rings. The van der Waals surface area contributed by atoms with Crippen molar-refractivity contribution in [2.45, 2.75) is 19.9 Å². The summed E-state index contributed by atoms with van der Waals surface area (Å²) in [5.41, 5.74) is 1.87. The van der Waals surface area contributed by atoms with E-state index in [0.717, 1.165) is 16.2 Å². The van der Waals surface area contributed by atoms with Crippen molar-refractivity contribution in [1.82, 2.24) is 5.32 Å². The molecule has 2 N–H and O–H groups in total. The van der Waals surface area contributed by atoms with Crippen LogP contribution in [0.15, 0.2) is 54.6 Å². The van der Waals surface area contributed by atoms with E-state index in [2.05, 4.69) is 10.6 Å². The van der Waals surface area contributed by atoms with Crippen molar-refractivity contribution >= 4 is 28.8 Å². The fourth-order valence-corrected chi connectivity index (χ4v) is 4.02. The third kappa shape index (κ3) is 4.31. The van der Waals surface area contributed by atoms with E-state index in [0.29, 0.717) is 35.1 Å². The summed E-state index contributed by atoms with van der Waals surface area (Å²) >= 11 is 1.38. The number of rotatable bonds is 5. The van der Waals surface area contributed by atoms with E-state index in [1.165, 1.54) is 11.3 Å². The van der Waals surface area contributed by atoms with E-state index in [9.17, 15) is 9.59 Å². The number of fused-ring (bicyclic) bond motifs is 1. The van der Waals surface area contributed by atoms with Crippen molar-refractivity contribution in [3.63, 3.8) is 0 Å². The first-order valence-corrected chi connectivity index (χ1v) is 10.5. The van der Waals surface area contributed by atoms with Gasteiger partial charge in [-0.1, -0.05) is 12.1 Å². The molecule has 1 aliphatic heterocycles. The number of amides is 2. The normalized spacial score (nSPS) is 12.5. The highest BCUT2D eigenvalue weighted by Crippen LogP contribution is 2.37. The zero-order valence-electron chi connectivity index (χ0n) is 16.7. The van der Waals surface area contributed by atoms with Gasteiger partial charge in [-0.15, -0.1) is 11.3 Å². The summed E-state index contributed by atoms with van der Waals surface area (Å²) in [7, 11) is 0. The molecular weight excluding hydrogens is 400 g/mol. The molecule has 30 heavy (non-hydrogen) atoms. The Hall–Kier alpha value is -3.32. The Labute approximate surface area is 178 Å². The van der Waals surface area contributed by atoms with Crippen LogP contribution in [0.3, 0.4) is 0 Å². The second-order valence-electron chi connectivity index (χ2n) is 7.15. The minimum atomic E-state index is -0.256. The predicted octanol–water partition coefficient (Wildman–Crippen LogP) is 4.58. The number of anilines is 1. The van der Waals surface area contributed by atoms with E-state index in [-0.39, 0.29) is 17.9 Å². The van der Waals surface area contributed by atoms with Crippen LogP contribution >= 0.6 is 11.3 Å². The third-order valence-electron chi connectivity index (χ3n) is 4.50. The molecule has 0 aliphatic carbocycles. The van der Waals surface area contributed by atoms with Crippen molar-refractivity contribution in [1.29, 1.82) is 0 Å². The summed E-state index contributed by atoms with van der Waals surface area (Å²) in [6.07, 6.45) is 0. The Morgan fingerprint density at radius 3 is 2.50 bits per heavy atom. The summed E-state index contributed by atoms with van der Waals surface area (Å²) in [5, 5.41) is 5.71. The zero-order chi connectivity index (χ0) is 21.1. The van der Waals surface area contributed by atoms with Gasteiger partial charge in [0.15, 0.2) is 11.5 Å². The highest BCUT2D eigenvalue weighted by Gasteiger charge is 2.17. The first-order valence-electron chi connectivity index (χ1n) is 9.72. The lowest BCUT2D eigenvalue weighted by atomic mass is 10.1. The molecule has 0 atom stereocenters. The van der Waals surface area contributed by atoms with Crippen LogP contribution < -0.4 is 20.1 Å². The van der Waals surface area contributed by atoms with Gasteiger partial charge < -0.3 is 20.1 Å². The minimum Gasteiger partial charge on any atom is -0.486 e. The van der Waals surface area contributed by atoms with Gasteiger partial charge in [0, 0.05) is 10.9 Å². The standard InChI is InChI=1S/C23H22N2O4S/c1-14(2)24-22(26)16-5-3-4-6-17(16)25-23(27)21-10-9-20(30-21)15-7-8-18-19(13-15)29-12-11-28-18/h3-10,13-14H,11-12H2,1-2H3,(H,24,26)(H,25,27). The largest absolute Gasteiger partial charge is 0.486 e. The number of thiophene rings is 1.